The number of carbonyl (C=O) groups is 2. The molecule has 3 N–H and O–H groups in total. The van der Waals surface area contributed by atoms with E-state index in [1.807, 2.05) is 12.2 Å². The Balaban J connectivity index is 2.40. The number of para-hydroxylation sites is 1. The lowest BCUT2D eigenvalue weighted by atomic mass is 10.2. The van der Waals surface area contributed by atoms with Crippen LogP contribution in [-0.2, 0) is 11.3 Å². The van der Waals surface area contributed by atoms with E-state index in [1.54, 1.807) is 31.2 Å². The zero-order valence-corrected chi connectivity index (χ0v) is 13.0. The van der Waals surface area contributed by atoms with E-state index in [0.29, 0.717) is 22.6 Å². The number of nitrogens with zero attached hydrogens (tertiary/aromatic N) is 2. The van der Waals surface area contributed by atoms with Crippen molar-refractivity contribution in [3.8, 4) is 0 Å². The van der Waals surface area contributed by atoms with E-state index >= 15 is 0 Å². The fourth-order valence-corrected chi connectivity index (χ4v) is 2.92. The van der Waals surface area contributed by atoms with Crippen LogP contribution < -0.4 is 16.6 Å². The number of nitrogens with one attached hydrogen (secondary N) is 1. The normalized spacial score (nSPS) is 12.1. The van der Waals surface area contributed by atoms with Crippen LogP contribution in [0.5, 0.6) is 0 Å². The highest BCUT2D eigenvalue weighted by Crippen LogP contribution is 2.22. The zero-order valence-electron chi connectivity index (χ0n) is 12.2. The van der Waals surface area contributed by atoms with Gasteiger partial charge in [0.1, 0.15) is 0 Å². The van der Waals surface area contributed by atoms with E-state index in [2.05, 4.69) is 4.98 Å². The number of imide groups is 1. The fourth-order valence-electron chi connectivity index (χ4n) is 1.95. The van der Waals surface area contributed by atoms with Crippen molar-refractivity contribution in [1.82, 2.24) is 14.9 Å². The summed E-state index contributed by atoms with van der Waals surface area (Å²) in [6, 6.07) is 6.13. The van der Waals surface area contributed by atoms with Crippen molar-refractivity contribution in [3.05, 3.63) is 34.6 Å². The van der Waals surface area contributed by atoms with Crippen LogP contribution in [0.25, 0.3) is 10.9 Å². The Morgan fingerprint density at radius 1 is 1.41 bits per heavy atom. The zero-order chi connectivity index (χ0) is 16.3. The maximum atomic E-state index is 12.4. The average molecular weight is 320 g/mol. The van der Waals surface area contributed by atoms with Crippen molar-refractivity contribution >= 4 is 34.6 Å². The minimum absolute atomic E-state index is 0.155. The SMILES string of the molecule is CCn1c(SC(C)C(=O)NC(N)=O)nc2ccccc2c1=O. The molecule has 2 rings (SSSR count). The number of fused-ring (bicyclic) bond motifs is 1. The Morgan fingerprint density at radius 2 is 2.09 bits per heavy atom. The molecule has 1 atom stereocenters. The van der Waals surface area contributed by atoms with Gasteiger partial charge in [0.25, 0.3) is 5.56 Å². The number of carbonyl (C=O) groups excluding carboxylic acids is 2. The predicted molar refractivity (Wildman–Crippen MR) is 84.7 cm³/mol. The van der Waals surface area contributed by atoms with Crippen LogP contribution in [0.2, 0.25) is 0 Å². The molecule has 0 aliphatic carbocycles. The van der Waals surface area contributed by atoms with Crippen LogP contribution in [0.4, 0.5) is 4.79 Å². The molecule has 22 heavy (non-hydrogen) atoms. The maximum Gasteiger partial charge on any atom is 0.318 e. The van der Waals surface area contributed by atoms with Gasteiger partial charge >= 0.3 is 6.03 Å². The summed E-state index contributed by atoms with van der Waals surface area (Å²) < 4.78 is 1.50. The molecule has 1 heterocycles. The Hall–Kier alpha value is -2.35. The second kappa shape index (κ2) is 6.61. The van der Waals surface area contributed by atoms with E-state index in [1.165, 1.54) is 4.57 Å². The summed E-state index contributed by atoms with van der Waals surface area (Å²) in [7, 11) is 0. The molecule has 2 aromatic rings. The second-order valence-electron chi connectivity index (χ2n) is 4.57. The largest absolute Gasteiger partial charge is 0.351 e. The molecule has 0 saturated heterocycles. The Kier molecular flexibility index (Phi) is 4.81. The van der Waals surface area contributed by atoms with Gasteiger partial charge in [-0.1, -0.05) is 23.9 Å². The third-order valence-electron chi connectivity index (χ3n) is 3.04. The minimum Gasteiger partial charge on any atom is -0.351 e. The van der Waals surface area contributed by atoms with E-state index < -0.39 is 17.2 Å². The summed E-state index contributed by atoms with van der Waals surface area (Å²) in [5.41, 5.74) is 5.35. The van der Waals surface area contributed by atoms with Gasteiger partial charge in [0, 0.05) is 6.54 Å². The number of aromatic nitrogens is 2. The van der Waals surface area contributed by atoms with Gasteiger partial charge in [0.2, 0.25) is 5.91 Å². The molecular weight excluding hydrogens is 304 g/mol. The van der Waals surface area contributed by atoms with Crippen LogP contribution in [0.3, 0.4) is 0 Å². The first-order valence-corrected chi connectivity index (χ1v) is 7.58. The molecule has 0 saturated carbocycles. The summed E-state index contributed by atoms with van der Waals surface area (Å²) in [4.78, 5) is 39.4. The van der Waals surface area contributed by atoms with Crippen LogP contribution in [0.1, 0.15) is 13.8 Å². The molecule has 0 radical (unpaired) electrons. The smallest absolute Gasteiger partial charge is 0.318 e. The van der Waals surface area contributed by atoms with Crippen LogP contribution in [0, 0.1) is 0 Å². The molecule has 116 valence electrons. The first kappa shape index (κ1) is 16.0. The van der Waals surface area contributed by atoms with E-state index in [9.17, 15) is 14.4 Å². The quantitative estimate of drug-likeness (QED) is 0.648. The van der Waals surface area contributed by atoms with E-state index in [0.717, 1.165) is 11.8 Å². The highest BCUT2D eigenvalue weighted by Gasteiger charge is 2.19. The number of hydrogen-bond donors (Lipinski definition) is 2. The van der Waals surface area contributed by atoms with Gasteiger partial charge in [0.05, 0.1) is 16.2 Å². The van der Waals surface area contributed by atoms with Gasteiger partial charge < -0.3 is 5.73 Å². The molecule has 0 fully saturated rings. The number of rotatable bonds is 4. The lowest BCUT2D eigenvalue weighted by Gasteiger charge is -2.14. The Bertz CT molecular complexity index is 787. The highest BCUT2D eigenvalue weighted by atomic mass is 32.2. The topological polar surface area (TPSA) is 107 Å². The molecule has 0 bridgehead atoms. The third kappa shape index (κ3) is 3.28. The highest BCUT2D eigenvalue weighted by molar-refractivity contribution is 8.00. The maximum absolute atomic E-state index is 12.4. The number of primary amides is 1. The van der Waals surface area contributed by atoms with Crippen molar-refractivity contribution in [2.45, 2.75) is 30.8 Å². The van der Waals surface area contributed by atoms with Crippen molar-refractivity contribution in [1.29, 1.82) is 0 Å². The number of hydrogen-bond acceptors (Lipinski definition) is 5. The van der Waals surface area contributed by atoms with Gasteiger partial charge in [0.15, 0.2) is 5.16 Å². The minimum atomic E-state index is -0.906. The summed E-state index contributed by atoms with van der Waals surface area (Å²) in [6.07, 6.45) is 0. The number of amides is 3. The fraction of sp³-hybridized carbons (Fsp3) is 0.286. The average Bonchev–Trinajstić information content (AvgIpc) is 2.47. The monoisotopic (exact) mass is 320 g/mol. The first-order valence-electron chi connectivity index (χ1n) is 6.70. The van der Waals surface area contributed by atoms with Gasteiger partial charge in [-0.05, 0) is 26.0 Å². The lowest BCUT2D eigenvalue weighted by Crippen LogP contribution is -2.39. The molecule has 7 nitrogen and oxygen atoms in total. The molecular formula is C14H16N4O3S. The molecule has 0 aliphatic rings. The standard InChI is InChI=1S/C14H16N4O3S/c1-3-18-12(20)9-6-4-5-7-10(9)16-14(18)22-8(2)11(19)17-13(15)21/h4-8H,3H2,1-2H3,(H3,15,17,19,21). The number of urea groups is 1. The summed E-state index contributed by atoms with van der Waals surface area (Å²) in [6.45, 7) is 3.88. The van der Waals surface area contributed by atoms with Crippen LogP contribution in [0.15, 0.2) is 34.2 Å². The molecule has 0 aliphatic heterocycles. The summed E-state index contributed by atoms with van der Waals surface area (Å²) in [5, 5.41) is 2.36. The van der Waals surface area contributed by atoms with Gasteiger partial charge in [-0.25, -0.2) is 9.78 Å². The third-order valence-corrected chi connectivity index (χ3v) is 4.13. The number of benzene rings is 1. The summed E-state index contributed by atoms with van der Waals surface area (Å²) in [5.74, 6) is -0.525. The molecule has 3 amide bonds. The van der Waals surface area contributed by atoms with Gasteiger partial charge in [-0.3, -0.25) is 19.5 Å². The van der Waals surface area contributed by atoms with Crippen LogP contribution in [-0.4, -0.2) is 26.7 Å². The van der Waals surface area contributed by atoms with Crippen molar-refractivity contribution < 1.29 is 9.59 Å². The van der Waals surface area contributed by atoms with Gasteiger partial charge in [-0.15, -0.1) is 0 Å². The van der Waals surface area contributed by atoms with E-state index in [4.69, 9.17) is 5.73 Å². The first-order chi connectivity index (χ1) is 10.4. The number of nitrogens with two attached hydrogens (primary N) is 1. The van der Waals surface area contributed by atoms with Crippen molar-refractivity contribution in [2.75, 3.05) is 0 Å². The van der Waals surface area contributed by atoms with Gasteiger partial charge in [-0.2, -0.15) is 0 Å². The molecule has 8 heteroatoms. The number of thioether (sulfide) groups is 1. The molecule has 0 spiro atoms. The lowest BCUT2D eigenvalue weighted by molar-refractivity contribution is -0.119. The molecule has 1 unspecified atom stereocenters. The van der Waals surface area contributed by atoms with Crippen molar-refractivity contribution in [3.63, 3.8) is 0 Å². The Morgan fingerprint density at radius 3 is 2.73 bits per heavy atom. The van der Waals surface area contributed by atoms with E-state index in [-0.39, 0.29) is 5.56 Å². The molecule has 1 aromatic heterocycles. The predicted octanol–water partition coefficient (Wildman–Crippen LogP) is 1.09. The van der Waals surface area contributed by atoms with Crippen molar-refractivity contribution in [2.24, 2.45) is 5.73 Å². The summed E-state index contributed by atoms with van der Waals surface area (Å²) >= 11 is 1.11. The second-order valence-corrected chi connectivity index (χ2v) is 5.88. The molecule has 1 aromatic carbocycles. The Labute approximate surface area is 130 Å². The van der Waals surface area contributed by atoms with Crippen LogP contribution >= 0.6 is 11.8 Å².